The van der Waals surface area contributed by atoms with Crippen molar-refractivity contribution in [2.75, 3.05) is 0 Å². The molecule has 0 aromatic rings. The molecule has 0 rings (SSSR count). The quantitative estimate of drug-likeness (QED) is 0.702. The predicted molar refractivity (Wildman–Crippen MR) is 69.4 cm³/mol. The van der Waals surface area contributed by atoms with Crippen molar-refractivity contribution in [3.05, 3.63) is 0 Å². The molecule has 0 fully saturated rings. The van der Waals surface area contributed by atoms with Gasteiger partial charge in [0.1, 0.15) is 0 Å². The molecule has 0 aromatic heterocycles. The number of carbonyl (C=O) groups is 1. The third kappa shape index (κ3) is 8.72. The van der Waals surface area contributed by atoms with E-state index < -0.39 is 0 Å². The Hall–Kier alpha value is -0.570. The lowest BCUT2D eigenvalue weighted by Crippen LogP contribution is -2.40. The molecule has 0 aliphatic heterocycles. The van der Waals surface area contributed by atoms with Crippen molar-refractivity contribution in [2.24, 2.45) is 5.92 Å². The molecule has 0 radical (unpaired) electrons. The third-order valence-electron chi connectivity index (χ3n) is 2.34. The molecule has 0 saturated carbocycles. The molecule has 0 saturated heterocycles. The van der Waals surface area contributed by atoms with E-state index in [9.17, 15) is 4.79 Å². The smallest absolute Gasteiger partial charge is 0.221 e. The van der Waals surface area contributed by atoms with Gasteiger partial charge in [0.15, 0.2) is 0 Å². The van der Waals surface area contributed by atoms with Crippen LogP contribution in [0.1, 0.15) is 54.4 Å². The van der Waals surface area contributed by atoms with Crippen LogP contribution < -0.4 is 10.6 Å². The molecule has 96 valence electrons. The Labute approximate surface area is 100 Å². The Morgan fingerprint density at radius 2 is 1.56 bits per heavy atom. The summed E-state index contributed by atoms with van der Waals surface area (Å²) in [5.41, 5.74) is 0. The molecule has 0 aromatic carbocycles. The normalized spacial score (nSPS) is 15.2. The van der Waals surface area contributed by atoms with Crippen molar-refractivity contribution < 1.29 is 4.79 Å². The van der Waals surface area contributed by atoms with Crippen LogP contribution in [0.3, 0.4) is 0 Å². The lowest BCUT2D eigenvalue weighted by Gasteiger charge is -2.21. The highest BCUT2D eigenvalue weighted by atomic mass is 16.1. The van der Waals surface area contributed by atoms with Gasteiger partial charge in [-0.05, 0) is 40.0 Å². The molecule has 0 aliphatic rings. The Kier molecular flexibility index (Phi) is 7.39. The molecule has 0 spiro atoms. The number of amides is 1. The molecule has 16 heavy (non-hydrogen) atoms. The summed E-state index contributed by atoms with van der Waals surface area (Å²) >= 11 is 0. The summed E-state index contributed by atoms with van der Waals surface area (Å²) in [6.45, 7) is 12.6. The average molecular weight is 228 g/mol. The van der Waals surface area contributed by atoms with E-state index in [-0.39, 0.29) is 18.0 Å². The molecule has 2 N–H and O–H groups in total. The Morgan fingerprint density at radius 1 is 1.00 bits per heavy atom. The van der Waals surface area contributed by atoms with Crippen LogP contribution in [0.25, 0.3) is 0 Å². The van der Waals surface area contributed by atoms with E-state index in [1.807, 2.05) is 13.8 Å². The number of hydrogen-bond donors (Lipinski definition) is 2. The largest absolute Gasteiger partial charge is 0.354 e. The second-order valence-corrected chi connectivity index (χ2v) is 5.52. The summed E-state index contributed by atoms with van der Waals surface area (Å²) in [5.74, 6) is 0.825. The minimum absolute atomic E-state index is 0.131. The van der Waals surface area contributed by atoms with Crippen LogP contribution in [0.15, 0.2) is 0 Å². The minimum Gasteiger partial charge on any atom is -0.354 e. The summed E-state index contributed by atoms with van der Waals surface area (Å²) in [4.78, 5) is 11.5. The zero-order valence-electron chi connectivity index (χ0n) is 11.6. The van der Waals surface area contributed by atoms with Gasteiger partial charge in [0.2, 0.25) is 5.91 Å². The average Bonchev–Trinajstić information content (AvgIpc) is 1.97. The zero-order chi connectivity index (χ0) is 12.7. The molecular formula is C13H28N2O. The molecular weight excluding hydrogens is 200 g/mol. The highest BCUT2D eigenvalue weighted by Gasteiger charge is 2.12. The van der Waals surface area contributed by atoms with Gasteiger partial charge in [-0.3, -0.25) is 4.79 Å². The highest BCUT2D eigenvalue weighted by molar-refractivity contribution is 5.76. The van der Waals surface area contributed by atoms with Crippen molar-refractivity contribution in [2.45, 2.75) is 72.5 Å². The first-order valence-electron chi connectivity index (χ1n) is 6.36. The number of nitrogens with one attached hydrogen (secondary N) is 2. The van der Waals surface area contributed by atoms with Crippen molar-refractivity contribution in [1.82, 2.24) is 10.6 Å². The summed E-state index contributed by atoms with van der Waals surface area (Å²) in [5, 5.41) is 6.36. The maximum atomic E-state index is 11.5. The van der Waals surface area contributed by atoms with E-state index >= 15 is 0 Å². The molecule has 0 bridgehead atoms. The summed E-state index contributed by atoms with van der Waals surface area (Å²) in [6, 6.07) is 0.946. The standard InChI is InChI=1S/C13H28N2O/c1-9(2)7-11(5)15-12(6)8-13(16)14-10(3)4/h9-12,15H,7-8H2,1-6H3,(H,14,16)/t11-,12-/m0/s1. The maximum absolute atomic E-state index is 11.5. The van der Waals surface area contributed by atoms with E-state index in [0.717, 1.165) is 6.42 Å². The predicted octanol–water partition coefficient (Wildman–Crippen LogP) is 2.31. The zero-order valence-corrected chi connectivity index (χ0v) is 11.6. The van der Waals surface area contributed by atoms with Crippen molar-refractivity contribution in [1.29, 1.82) is 0 Å². The molecule has 3 nitrogen and oxygen atoms in total. The summed E-state index contributed by atoms with van der Waals surface area (Å²) in [7, 11) is 0. The topological polar surface area (TPSA) is 41.1 Å². The van der Waals surface area contributed by atoms with Crippen LogP contribution in [-0.4, -0.2) is 24.0 Å². The first-order chi connectivity index (χ1) is 7.31. The second-order valence-electron chi connectivity index (χ2n) is 5.52. The van der Waals surface area contributed by atoms with Crippen molar-refractivity contribution >= 4 is 5.91 Å². The van der Waals surface area contributed by atoms with Crippen LogP contribution in [0.2, 0.25) is 0 Å². The summed E-state index contributed by atoms with van der Waals surface area (Å²) in [6.07, 6.45) is 1.71. The van der Waals surface area contributed by atoms with E-state index in [0.29, 0.717) is 18.4 Å². The Bertz CT molecular complexity index is 202. The summed E-state index contributed by atoms with van der Waals surface area (Å²) < 4.78 is 0. The van der Waals surface area contributed by atoms with E-state index in [1.54, 1.807) is 0 Å². The molecule has 0 unspecified atom stereocenters. The van der Waals surface area contributed by atoms with Crippen LogP contribution in [0.4, 0.5) is 0 Å². The number of hydrogen-bond acceptors (Lipinski definition) is 2. The van der Waals surface area contributed by atoms with Crippen molar-refractivity contribution in [3.8, 4) is 0 Å². The van der Waals surface area contributed by atoms with Gasteiger partial charge in [0.25, 0.3) is 0 Å². The Balaban J connectivity index is 3.80. The van der Waals surface area contributed by atoms with E-state index in [1.165, 1.54) is 0 Å². The number of rotatable bonds is 7. The number of carbonyl (C=O) groups excluding carboxylic acids is 1. The van der Waals surface area contributed by atoms with Crippen LogP contribution in [0, 0.1) is 5.92 Å². The molecule has 0 aliphatic carbocycles. The molecule has 1 amide bonds. The van der Waals surface area contributed by atoms with Crippen LogP contribution in [0.5, 0.6) is 0 Å². The van der Waals surface area contributed by atoms with Gasteiger partial charge in [-0.25, -0.2) is 0 Å². The van der Waals surface area contributed by atoms with Gasteiger partial charge in [-0.2, -0.15) is 0 Å². The van der Waals surface area contributed by atoms with Gasteiger partial charge in [-0.15, -0.1) is 0 Å². The first kappa shape index (κ1) is 15.4. The lowest BCUT2D eigenvalue weighted by molar-refractivity contribution is -0.122. The van der Waals surface area contributed by atoms with Gasteiger partial charge < -0.3 is 10.6 Å². The highest BCUT2D eigenvalue weighted by Crippen LogP contribution is 2.05. The third-order valence-corrected chi connectivity index (χ3v) is 2.34. The van der Waals surface area contributed by atoms with Crippen LogP contribution in [-0.2, 0) is 4.79 Å². The second kappa shape index (κ2) is 7.66. The monoisotopic (exact) mass is 228 g/mol. The molecule has 2 atom stereocenters. The van der Waals surface area contributed by atoms with Gasteiger partial charge >= 0.3 is 0 Å². The maximum Gasteiger partial charge on any atom is 0.221 e. The van der Waals surface area contributed by atoms with Crippen molar-refractivity contribution in [3.63, 3.8) is 0 Å². The molecule has 0 heterocycles. The Morgan fingerprint density at radius 3 is 2.00 bits per heavy atom. The van der Waals surface area contributed by atoms with Gasteiger partial charge in [0, 0.05) is 24.5 Å². The lowest BCUT2D eigenvalue weighted by atomic mass is 10.0. The van der Waals surface area contributed by atoms with Gasteiger partial charge in [0.05, 0.1) is 0 Å². The fourth-order valence-corrected chi connectivity index (χ4v) is 1.98. The fraction of sp³-hybridized carbons (Fsp3) is 0.923. The van der Waals surface area contributed by atoms with Gasteiger partial charge in [-0.1, -0.05) is 13.8 Å². The first-order valence-corrected chi connectivity index (χ1v) is 6.36. The van der Waals surface area contributed by atoms with Crippen LogP contribution >= 0.6 is 0 Å². The molecule has 3 heteroatoms. The van der Waals surface area contributed by atoms with E-state index in [4.69, 9.17) is 0 Å². The van der Waals surface area contributed by atoms with E-state index in [2.05, 4.69) is 38.3 Å². The minimum atomic E-state index is 0.131. The fourth-order valence-electron chi connectivity index (χ4n) is 1.98. The SMILES string of the molecule is CC(C)C[C@H](C)N[C@@H](C)CC(=O)NC(C)C.